The van der Waals surface area contributed by atoms with Gasteiger partial charge in [-0.05, 0) is 63.0 Å². The number of carbonyl (C=O) groups is 1. The second-order valence-corrected chi connectivity index (χ2v) is 8.11. The summed E-state index contributed by atoms with van der Waals surface area (Å²) in [6.45, 7) is 0. The number of nitrogens with one attached hydrogen (secondary N) is 1. The van der Waals surface area contributed by atoms with Crippen molar-refractivity contribution in [3.63, 3.8) is 0 Å². The molecule has 0 atom stereocenters. The van der Waals surface area contributed by atoms with Crippen molar-refractivity contribution in [2.45, 2.75) is 11.5 Å². The maximum atomic E-state index is 12.3. The number of benzene rings is 3. The molecule has 3 aromatic rings. The Kier molecular flexibility index (Phi) is 7.90. The van der Waals surface area contributed by atoms with Gasteiger partial charge in [-0.1, -0.05) is 42.5 Å². The van der Waals surface area contributed by atoms with Crippen molar-refractivity contribution in [2.75, 3.05) is 7.11 Å². The van der Waals surface area contributed by atoms with E-state index in [4.69, 9.17) is 4.74 Å². The van der Waals surface area contributed by atoms with Crippen LogP contribution in [0.4, 0.5) is 0 Å². The Morgan fingerprint density at radius 1 is 1.03 bits per heavy atom. The predicted octanol–water partition coefficient (Wildman–Crippen LogP) is 5.66. The number of rotatable bonds is 8. The maximum Gasteiger partial charge on any atom is 0.271 e. The summed E-state index contributed by atoms with van der Waals surface area (Å²) in [5.74, 6) is 2.38. The second kappa shape index (κ2) is 10.8. The van der Waals surface area contributed by atoms with Crippen molar-refractivity contribution in [2.24, 2.45) is 5.10 Å². The van der Waals surface area contributed by atoms with Gasteiger partial charge >= 0.3 is 0 Å². The molecule has 0 aliphatic heterocycles. The van der Waals surface area contributed by atoms with Crippen LogP contribution in [0.2, 0.25) is 0 Å². The largest absolute Gasteiger partial charge is 0.496 e. The lowest BCUT2D eigenvalue weighted by molar-refractivity contribution is 0.0955. The van der Waals surface area contributed by atoms with E-state index in [1.807, 2.05) is 60.3 Å². The molecular weight excluding hydrogens is 448 g/mol. The quantitative estimate of drug-likeness (QED) is 0.343. The lowest BCUT2D eigenvalue weighted by Crippen LogP contribution is -2.17. The molecule has 0 aliphatic rings. The summed E-state index contributed by atoms with van der Waals surface area (Å²) in [6.07, 6.45) is 1.59. The normalized spacial score (nSPS) is 10.8. The SMILES string of the molecule is COc1ccc(C=NNC(=O)c2ccc(CSCc3ccccc3)cc2)cc1Br. The number of carbonyl (C=O) groups excluding carboxylic acids is 1. The zero-order chi connectivity index (χ0) is 20.5. The van der Waals surface area contributed by atoms with E-state index in [1.165, 1.54) is 11.1 Å². The highest BCUT2D eigenvalue weighted by Gasteiger charge is 2.05. The monoisotopic (exact) mass is 468 g/mol. The molecule has 0 spiro atoms. The molecule has 0 saturated carbocycles. The first-order valence-electron chi connectivity index (χ1n) is 9.03. The molecule has 6 heteroatoms. The zero-order valence-corrected chi connectivity index (χ0v) is 18.4. The number of thioether (sulfide) groups is 1. The van der Waals surface area contributed by atoms with Gasteiger partial charge in [0.05, 0.1) is 17.8 Å². The van der Waals surface area contributed by atoms with Gasteiger partial charge in [-0.3, -0.25) is 4.79 Å². The van der Waals surface area contributed by atoms with Gasteiger partial charge in [-0.15, -0.1) is 0 Å². The number of hydrogen-bond acceptors (Lipinski definition) is 4. The van der Waals surface area contributed by atoms with E-state index in [9.17, 15) is 4.79 Å². The Morgan fingerprint density at radius 2 is 1.72 bits per heavy atom. The Hall–Kier alpha value is -2.57. The number of amides is 1. The van der Waals surface area contributed by atoms with Gasteiger partial charge in [-0.25, -0.2) is 5.43 Å². The maximum absolute atomic E-state index is 12.3. The van der Waals surface area contributed by atoms with E-state index in [0.29, 0.717) is 5.56 Å². The fraction of sp³-hybridized carbons (Fsp3) is 0.130. The fourth-order valence-electron chi connectivity index (χ4n) is 2.61. The van der Waals surface area contributed by atoms with E-state index in [-0.39, 0.29) is 5.91 Å². The van der Waals surface area contributed by atoms with Crippen LogP contribution in [0.15, 0.2) is 82.4 Å². The summed E-state index contributed by atoms with van der Waals surface area (Å²) in [7, 11) is 1.61. The topological polar surface area (TPSA) is 50.7 Å². The minimum atomic E-state index is -0.239. The van der Waals surface area contributed by atoms with Crippen LogP contribution in [0.25, 0.3) is 0 Å². The molecule has 1 N–H and O–H groups in total. The van der Waals surface area contributed by atoms with Gasteiger partial charge in [0.2, 0.25) is 0 Å². The Balaban J connectivity index is 1.49. The molecule has 0 heterocycles. The summed E-state index contributed by atoms with van der Waals surface area (Å²) in [6, 6.07) is 23.6. The summed E-state index contributed by atoms with van der Waals surface area (Å²) in [5.41, 5.74) is 6.49. The highest BCUT2D eigenvalue weighted by molar-refractivity contribution is 9.10. The molecule has 0 saturated heterocycles. The van der Waals surface area contributed by atoms with E-state index >= 15 is 0 Å². The molecular formula is C23H21BrN2O2S. The number of ether oxygens (including phenoxy) is 1. The van der Waals surface area contributed by atoms with Crippen molar-refractivity contribution < 1.29 is 9.53 Å². The molecule has 0 aliphatic carbocycles. The third-order valence-corrected chi connectivity index (χ3v) is 5.85. The smallest absolute Gasteiger partial charge is 0.271 e. The van der Waals surface area contributed by atoms with Gasteiger partial charge in [0, 0.05) is 17.1 Å². The van der Waals surface area contributed by atoms with E-state index in [0.717, 1.165) is 27.3 Å². The molecule has 0 unspecified atom stereocenters. The summed E-state index contributed by atoms with van der Waals surface area (Å²) >= 11 is 5.28. The van der Waals surface area contributed by atoms with Gasteiger partial charge in [0.15, 0.2) is 0 Å². The van der Waals surface area contributed by atoms with Gasteiger partial charge in [0.25, 0.3) is 5.91 Å². The van der Waals surface area contributed by atoms with Crippen LogP contribution in [0.5, 0.6) is 5.75 Å². The minimum Gasteiger partial charge on any atom is -0.496 e. The Labute approximate surface area is 183 Å². The average molecular weight is 469 g/mol. The van der Waals surface area contributed by atoms with Gasteiger partial charge in [-0.2, -0.15) is 16.9 Å². The first kappa shape index (κ1) is 21.1. The van der Waals surface area contributed by atoms with Gasteiger partial charge < -0.3 is 4.74 Å². The lowest BCUT2D eigenvalue weighted by atomic mass is 10.1. The molecule has 3 rings (SSSR count). The number of hydrogen-bond donors (Lipinski definition) is 1. The number of nitrogens with zero attached hydrogens (tertiary/aromatic N) is 1. The van der Waals surface area contributed by atoms with Crippen LogP contribution >= 0.6 is 27.7 Å². The number of methoxy groups -OCH3 is 1. The molecule has 4 nitrogen and oxygen atoms in total. The van der Waals surface area contributed by atoms with E-state index < -0.39 is 0 Å². The van der Waals surface area contributed by atoms with Crippen molar-refractivity contribution in [1.82, 2.24) is 5.43 Å². The summed E-state index contributed by atoms with van der Waals surface area (Å²) < 4.78 is 6.02. The van der Waals surface area contributed by atoms with Crippen LogP contribution in [0, 0.1) is 0 Å². The van der Waals surface area contributed by atoms with E-state index in [1.54, 1.807) is 13.3 Å². The van der Waals surface area contributed by atoms with Crippen molar-refractivity contribution in [3.05, 3.63) is 99.5 Å². The molecule has 1 amide bonds. The molecule has 148 valence electrons. The van der Waals surface area contributed by atoms with Gasteiger partial charge in [0.1, 0.15) is 5.75 Å². The van der Waals surface area contributed by atoms with Crippen molar-refractivity contribution >= 4 is 39.8 Å². The molecule has 0 aromatic heterocycles. The zero-order valence-electron chi connectivity index (χ0n) is 16.0. The number of halogens is 1. The first-order chi connectivity index (χ1) is 14.2. The fourth-order valence-corrected chi connectivity index (χ4v) is 4.12. The molecule has 0 fully saturated rings. The average Bonchev–Trinajstić information content (AvgIpc) is 2.75. The van der Waals surface area contributed by atoms with Crippen LogP contribution in [0.3, 0.4) is 0 Å². The third-order valence-electron chi connectivity index (χ3n) is 4.15. The minimum absolute atomic E-state index is 0.239. The van der Waals surface area contributed by atoms with Crippen LogP contribution in [-0.2, 0) is 11.5 Å². The highest BCUT2D eigenvalue weighted by atomic mass is 79.9. The predicted molar refractivity (Wildman–Crippen MR) is 124 cm³/mol. The molecule has 0 radical (unpaired) electrons. The third kappa shape index (κ3) is 6.48. The molecule has 3 aromatic carbocycles. The van der Waals surface area contributed by atoms with Crippen LogP contribution in [0.1, 0.15) is 27.0 Å². The van der Waals surface area contributed by atoms with Crippen molar-refractivity contribution in [1.29, 1.82) is 0 Å². The highest BCUT2D eigenvalue weighted by Crippen LogP contribution is 2.24. The second-order valence-electron chi connectivity index (χ2n) is 6.27. The molecule has 0 bridgehead atoms. The summed E-state index contributed by atoms with van der Waals surface area (Å²) in [4.78, 5) is 12.3. The van der Waals surface area contributed by atoms with E-state index in [2.05, 4.69) is 50.7 Å². The Morgan fingerprint density at radius 3 is 2.38 bits per heavy atom. The first-order valence-corrected chi connectivity index (χ1v) is 11.0. The van der Waals surface area contributed by atoms with Crippen LogP contribution in [-0.4, -0.2) is 19.2 Å². The lowest BCUT2D eigenvalue weighted by Gasteiger charge is -2.05. The Bertz CT molecular complexity index is 976. The number of hydrazone groups is 1. The standard InChI is InChI=1S/C23H21BrN2O2S/c1-28-22-12-9-19(13-21(22)24)14-25-26-23(27)20-10-7-18(8-11-20)16-29-15-17-5-3-2-4-6-17/h2-14H,15-16H2,1H3,(H,26,27). The molecule has 29 heavy (non-hydrogen) atoms. The van der Waals surface area contributed by atoms with Crippen LogP contribution < -0.4 is 10.2 Å². The van der Waals surface area contributed by atoms with Crippen molar-refractivity contribution in [3.8, 4) is 5.75 Å². The summed E-state index contributed by atoms with van der Waals surface area (Å²) in [5, 5.41) is 4.03.